The standard InChI is InChI=1S/C15H10BrF3N4O/c16-11-6-5-9(7-10(11)15(17,18)19)20-14(24)8-23-13-4-2-1-3-12(13)21-22-23/h1-7H,8H2,(H,20,24). The highest BCUT2D eigenvalue weighted by atomic mass is 79.9. The van der Waals surface area contributed by atoms with E-state index in [2.05, 4.69) is 31.6 Å². The van der Waals surface area contributed by atoms with Crippen LogP contribution in [0.1, 0.15) is 5.56 Å². The molecule has 1 amide bonds. The third-order valence-corrected chi connectivity index (χ3v) is 3.96. The number of fused-ring (bicyclic) bond motifs is 1. The molecular formula is C15H10BrF3N4O. The minimum absolute atomic E-state index is 0.0555. The van der Waals surface area contributed by atoms with Crippen molar-refractivity contribution in [2.24, 2.45) is 0 Å². The monoisotopic (exact) mass is 398 g/mol. The molecule has 124 valence electrons. The van der Waals surface area contributed by atoms with Crippen LogP contribution in [0.4, 0.5) is 18.9 Å². The van der Waals surface area contributed by atoms with Crippen LogP contribution in [0.3, 0.4) is 0 Å². The highest BCUT2D eigenvalue weighted by molar-refractivity contribution is 9.10. The lowest BCUT2D eigenvalue weighted by Gasteiger charge is -2.12. The number of benzene rings is 2. The fraction of sp³-hybridized carbons (Fsp3) is 0.133. The van der Waals surface area contributed by atoms with Gasteiger partial charge in [0.05, 0.1) is 11.1 Å². The van der Waals surface area contributed by atoms with Crippen LogP contribution in [-0.4, -0.2) is 20.9 Å². The minimum Gasteiger partial charge on any atom is -0.324 e. The summed E-state index contributed by atoms with van der Waals surface area (Å²) in [5, 5.41) is 10.2. The van der Waals surface area contributed by atoms with Crippen molar-refractivity contribution in [2.45, 2.75) is 12.7 Å². The Morgan fingerprint density at radius 3 is 2.71 bits per heavy atom. The first-order valence-electron chi connectivity index (χ1n) is 6.79. The van der Waals surface area contributed by atoms with E-state index >= 15 is 0 Å². The largest absolute Gasteiger partial charge is 0.417 e. The Morgan fingerprint density at radius 2 is 1.96 bits per heavy atom. The van der Waals surface area contributed by atoms with Gasteiger partial charge in [-0.2, -0.15) is 13.2 Å². The van der Waals surface area contributed by atoms with Crippen LogP contribution < -0.4 is 5.32 Å². The lowest BCUT2D eigenvalue weighted by atomic mass is 10.2. The summed E-state index contributed by atoms with van der Waals surface area (Å²) in [5.74, 6) is -0.499. The number of carbonyl (C=O) groups excluding carboxylic acids is 1. The van der Waals surface area contributed by atoms with E-state index in [1.807, 2.05) is 0 Å². The highest BCUT2D eigenvalue weighted by Gasteiger charge is 2.33. The second-order valence-electron chi connectivity index (χ2n) is 4.98. The number of nitrogens with zero attached hydrogens (tertiary/aromatic N) is 3. The summed E-state index contributed by atoms with van der Waals surface area (Å²) in [6, 6.07) is 10.6. The van der Waals surface area contributed by atoms with Crippen molar-refractivity contribution in [2.75, 3.05) is 5.32 Å². The molecule has 1 N–H and O–H groups in total. The molecule has 2 aromatic carbocycles. The number of halogens is 4. The maximum Gasteiger partial charge on any atom is 0.417 e. The van der Waals surface area contributed by atoms with E-state index < -0.39 is 17.6 Å². The molecule has 1 heterocycles. The number of nitrogens with one attached hydrogen (secondary N) is 1. The third-order valence-electron chi connectivity index (χ3n) is 3.27. The van der Waals surface area contributed by atoms with Gasteiger partial charge in [-0.3, -0.25) is 4.79 Å². The maximum absolute atomic E-state index is 12.9. The van der Waals surface area contributed by atoms with Crippen molar-refractivity contribution >= 4 is 38.6 Å². The van der Waals surface area contributed by atoms with Crippen molar-refractivity contribution in [1.29, 1.82) is 0 Å². The zero-order valence-corrected chi connectivity index (χ0v) is 13.6. The number of rotatable bonds is 3. The summed E-state index contributed by atoms with van der Waals surface area (Å²) in [6.07, 6.45) is -4.51. The Kier molecular flexibility index (Phi) is 4.27. The van der Waals surface area contributed by atoms with E-state index in [4.69, 9.17) is 0 Å². The summed E-state index contributed by atoms with van der Waals surface area (Å²) in [6.45, 7) is -0.155. The Morgan fingerprint density at radius 1 is 1.21 bits per heavy atom. The van der Waals surface area contributed by atoms with Crippen LogP contribution >= 0.6 is 15.9 Å². The molecule has 0 bridgehead atoms. The highest BCUT2D eigenvalue weighted by Crippen LogP contribution is 2.36. The van der Waals surface area contributed by atoms with Gasteiger partial charge in [-0.05, 0) is 30.3 Å². The zero-order valence-electron chi connectivity index (χ0n) is 12.0. The molecule has 0 spiro atoms. The molecule has 9 heteroatoms. The Bertz CT molecular complexity index is 907. The molecule has 0 saturated heterocycles. The number of alkyl halides is 3. The van der Waals surface area contributed by atoms with Crippen molar-refractivity contribution in [3.63, 3.8) is 0 Å². The quantitative estimate of drug-likeness (QED) is 0.728. The lowest BCUT2D eigenvalue weighted by Crippen LogP contribution is -2.20. The molecule has 0 fully saturated rings. The molecule has 0 saturated carbocycles. The average molecular weight is 399 g/mol. The SMILES string of the molecule is O=C(Cn1nnc2ccccc21)Nc1ccc(Br)c(C(F)(F)F)c1. The summed E-state index contributed by atoms with van der Waals surface area (Å²) in [5.41, 5.74) is 0.499. The van der Waals surface area contributed by atoms with Crippen LogP contribution in [0.2, 0.25) is 0 Å². The summed E-state index contributed by atoms with van der Waals surface area (Å²) in [4.78, 5) is 12.1. The number of hydrogen-bond donors (Lipinski definition) is 1. The normalized spacial score (nSPS) is 11.7. The Balaban J connectivity index is 1.78. The Hall–Kier alpha value is -2.42. The lowest BCUT2D eigenvalue weighted by molar-refractivity contribution is -0.138. The van der Waals surface area contributed by atoms with E-state index in [1.165, 1.54) is 16.8 Å². The number of aromatic nitrogens is 3. The minimum atomic E-state index is -4.51. The topological polar surface area (TPSA) is 59.8 Å². The number of anilines is 1. The third kappa shape index (κ3) is 3.40. The fourth-order valence-corrected chi connectivity index (χ4v) is 2.66. The van der Waals surface area contributed by atoms with Crippen molar-refractivity contribution in [1.82, 2.24) is 15.0 Å². The predicted molar refractivity (Wildman–Crippen MR) is 85.3 cm³/mol. The number of hydrogen-bond acceptors (Lipinski definition) is 3. The molecule has 1 aromatic heterocycles. The predicted octanol–water partition coefficient (Wildman–Crippen LogP) is 3.85. The van der Waals surface area contributed by atoms with Gasteiger partial charge in [0.1, 0.15) is 12.1 Å². The van der Waals surface area contributed by atoms with E-state index in [9.17, 15) is 18.0 Å². The summed E-state index contributed by atoms with van der Waals surface area (Å²) >= 11 is 2.85. The van der Waals surface area contributed by atoms with E-state index in [1.54, 1.807) is 24.3 Å². The first-order valence-corrected chi connectivity index (χ1v) is 7.59. The van der Waals surface area contributed by atoms with Gasteiger partial charge in [-0.15, -0.1) is 5.10 Å². The van der Waals surface area contributed by atoms with Crippen LogP contribution in [-0.2, 0) is 17.5 Å². The molecule has 3 aromatic rings. The van der Waals surface area contributed by atoms with Crippen molar-refractivity contribution in [3.05, 3.63) is 52.5 Å². The summed E-state index contributed by atoms with van der Waals surface area (Å²) in [7, 11) is 0. The molecule has 24 heavy (non-hydrogen) atoms. The molecule has 3 rings (SSSR count). The second kappa shape index (κ2) is 6.23. The Labute approximate surface area is 142 Å². The fourth-order valence-electron chi connectivity index (χ4n) is 2.19. The second-order valence-corrected chi connectivity index (χ2v) is 5.83. The molecule has 5 nitrogen and oxygen atoms in total. The summed E-state index contributed by atoms with van der Waals surface area (Å²) < 4.78 is 39.9. The van der Waals surface area contributed by atoms with Gasteiger partial charge in [0.2, 0.25) is 5.91 Å². The van der Waals surface area contributed by atoms with Crippen LogP contribution in [0.15, 0.2) is 46.9 Å². The molecule has 0 radical (unpaired) electrons. The van der Waals surface area contributed by atoms with E-state index in [-0.39, 0.29) is 16.7 Å². The molecule has 0 aliphatic rings. The van der Waals surface area contributed by atoms with Gasteiger partial charge in [0.15, 0.2) is 0 Å². The van der Waals surface area contributed by atoms with Gasteiger partial charge in [0, 0.05) is 10.2 Å². The van der Waals surface area contributed by atoms with Crippen molar-refractivity contribution < 1.29 is 18.0 Å². The van der Waals surface area contributed by atoms with Crippen molar-refractivity contribution in [3.8, 4) is 0 Å². The number of amides is 1. The van der Waals surface area contributed by atoms with Gasteiger partial charge in [0.25, 0.3) is 0 Å². The maximum atomic E-state index is 12.9. The number of para-hydroxylation sites is 1. The first-order chi connectivity index (χ1) is 11.3. The molecule has 0 atom stereocenters. The number of carbonyl (C=O) groups is 1. The molecule has 0 aliphatic carbocycles. The smallest absolute Gasteiger partial charge is 0.324 e. The van der Waals surface area contributed by atoms with E-state index in [0.29, 0.717) is 11.0 Å². The van der Waals surface area contributed by atoms with Gasteiger partial charge >= 0.3 is 6.18 Å². The van der Waals surface area contributed by atoms with Gasteiger partial charge in [-0.25, -0.2) is 4.68 Å². The van der Waals surface area contributed by atoms with Gasteiger partial charge < -0.3 is 5.32 Å². The molecule has 0 unspecified atom stereocenters. The first kappa shape index (κ1) is 16.4. The van der Waals surface area contributed by atoms with E-state index in [0.717, 1.165) is 6.07 Å². The zero-order chi connectivity index (χ0) is 17.3. The van der Waals surface area contributed by atoms with Crippen LogP contribution in [0, 0.1) is 0 Å². The van der Waals surface area contributed by atoms with Gasteiger partial charge in [-0.1, -0.05) is 33.3 Å². The average Bonchev–Trinajstić information content (AvgIpc) is 2.91. The molecule has 0 aliphatic heterocycles. The van der Waals surface area contributed by atoms with Crippen LogP contribution in [0.5, 0.6) is 0 Å². The molecular weight excluding hydrogens is 389 g/mol. The van der Waals surface area contributed by atoms with Crippen LogP contribution in [0.25, 0.3) is 11.0 Å².